The van der Waals surface area contributed by atoms with Gasteiger partial charge in [0.05, 0.1) is 6.20 Å². The van der Waals surface area contributed by atoms with Crippen molar-refractivity contribution in [3.63, 3.8) is 0 Å². The van der Waals surface area contributed by atoms with Gasteiger partial charge in [0.1, 0.15) is 11.9 Å². The lowest BCUT2D eigenvalue weighted by Gasteiger charge is -2.52. The van der Waals surface area contributed by atoms with Crippen molar-refractivity contribution in [2.75, 3.05) is 32.1 Å². The standard InChI is InChI=1S/C16H22N2O2S/c1-2-14(9-17-5-1)20-15-8-16(21-10-15)11-18(12-16)13-3-6-19-7-4-13/h1-2,5,9,13,15H,3-4,6-8,10-12H2/t15-/m1/s1. The molecular weight excluding hydrogens is 284 g/mol. The molecule has 0 N–H and O–H groups in total. The molecule has 3 fully saturated rings. The van der Waals surface area contributed by atoms with E-state index in [1.165, 1.54) is 32.4 Å². The fourth-order valence-electron chi connectivity index (χ4n) is 3.71. The van der Waals surface area contributed by atoms with Gasteiger partial charge in [0.25, 0.3) is 0 Å². The molecule has 0 aromatic carbocycles. The molecule has 0 unspecified atom stereocenters. The smallest absolute Gasteiger partial charge is 0.138 e. The van der Waals surface area contributed by atoms with Crippen molar-refractivity contribution in [2.45, 2.75) is 36.2 Å². The van der Waals surface area contributed by atoms with Gasteiger partial charge in [-0.05, 0) is 25.0 Å². The van der Waals surface area contributed by atoms with E-state index in [0.29, 0.717) is 10.9 Å². The minimum atomic E-state index is 0.344. The number of ether oxygens (including phenoxy) is 2. The molecule has 0 aliphatic carbocycles. The predicted octanol–water partition coefficient (Wildman–Crippen LogP) is 2.20. The number of hydrogen-bond acceptors (Lipinski definition) is 5. The molecule has 1 spiro atoms. The molecule has 21 heavy (non-hydrogen) atoms. The quantitative estimate of drug-likeness (QED) is 0.855. The molecular formula is C16H22N2O2S. The summed E-state index contributed by atoms with van der Waals surface area (Å²) in [5, 5.41) is 0. The summed E-state index contributed by atoms with van der Waals surface area (Å²) in [7, 11) is 0. The highest BCUT2D eigenvalue weighted by molar-refractivity contribution is 8.01. The average Bonchev–Trinajstić information content (AvgIpc) is 2.92. The van der Waals surface area contributed by atoms with Gasteiger partial charge in [-0.15, -0.1) is 11.8 Å². The van der Waals surface area contributed by atoms with Crippen LogP contribution in [0.2, 0.25) is 0 Å². The maximum Gasteiger partial charge on any atom is 0.138 e. The molecule has 4 rings (SSSR count). The summed E-state index contributed by atoms with van der Waals surface area (Å²) in [5.41, 5.74) is 0. The van der Waals surface area contributed by atoms with Crippen molar-refractivity contribution in [3.05, 3.63) is 24.5 Å². The first kappa shape index (κ1) is 13.9. The molecule has 1 atom stereocenters. The summed E-state index contributed by atoms with van der Waals surface area (Å²) in [4.78, 5) is 6.77. The molecule has 3 saturated heterocycles. The van der Waals surface area contributed by atoms with Crippen LogP contribution in [-0.2, 0) is 4.74 Å². The van der Waals surface area contributed by atoms with E-state index < -0.39 is 0 Å². The minimum Gasteiger partial charge on any atom is -0.488 e. The number of aromatic nitrogens is 1. The van der Waals surface area contributed by atoms with Crippen LogP contribution in [0.15, 0.2) is 24.5 Å². The summed E-state index contributed by atoms with van der Waals surface area (Å²) in [5.74, 6) is 2.01. The minimum absolute atomic E-state index is 0.344. The number of rotatable bonds is 3. The van der Waals surface area contributed by atoms with Gasteiger partial charge in [0, 0.05) is 55.5 Å². The van der Waals surface area contributed by atoms with Crippen molar-refractivity contribution >= 4 is 11.8 Å². The Morgan fingerprint density at radius 3 is 2.95 bits per heavy atom. The Kier molecular flexibility index (Phi) is 3.81. The van der Waals surface area contributed by atoms with E-state index >= 15 is 0 Å². The van der Waals surface area contributed by atoms with Crippen molar-refractivity contribution < 1.29 is 9.47 Å². The number of pyridine rings is 1. The first-order chi connectivity index (χ1) is 10.3. The Hall–Kier alpha value is -0.780. The van der Waals surface area contributed by atoms with Gasteiger partial charge in [-0.25, -0.2) is 0 Å². The van der Waals surface area contributed by atoms with E-state index in [1.54, 1.807) is 6.20 Å². The third-order valence-corrected chi connectivity index (χ3v) is 6.38. The van der Waals surface area contributed by atoms with Gasteiger partial charge in [0.15, 0.2) is 0 Å². The molecule has 1 aromatic rings. The average molecular weight is 306 g/mol. The van der Waals surface area contributed by atoms with E-state index in [0.717, 1.165) is 30.8 Å². The first-order valence-electron chi connectivity index (χ1n) is 7.85. The Labute approximate surface area is 130 Å². The maximum atomic E-state index is 6.07. The van der Waals surface area contributed by atoms with Crippen LogP contribution in [0.4, 0.5) is 0 Å². The lowest BCUT2D eigenvalue weighted by molar-refractivity contribution is -0.00944. The first-order valence-corrected chi connectivity index (χ1v) is 8.84. The van der Waals surface area contributed by atoms with Crippen LogP contribution >= 0.6 is 11.8 Å². The van der Waals surface area contributed by atoms with E-state index in [9.17, 15) is 0 Å². The molecule has 3 aliphatic heterocycles. The maximum absolute atomic E-state index is 6.07. The zero-order valence-electron chi connectivity index (χ0n) is 12.2. The van der Waals surface area contributed by atoms with E-state index in [4.69, 9.17) is 9.47 Å². The molecule has 4 heterocycles. The van der Waals surface area contributed by atoms with Crippen LogP contribution in [0, 0.1) is 0 Å². The normalized spacial score (nSPS) is 29.4. The molecule has 5 heteroatoms. The van der Waals surface area contributed by atoms with Crippen LogP contribution < -0.4 is 4.74 Å². The molecule has 3 aliphatic rings. The fraction of sp³-hybridized carbons (Fsp3) is 0.688. The molecule has 1 aromatic heterocycles. The van der Waals surface area contributed by atoms with Gasteiger partial charge >= 0.3 is 0 Å². The summed E-state index contributed by atoms with van der Waals surface area (Å²) in [6.45, 7) is 4.34. The second kappa shape index (κ2) is 5.78. The summed E-state index contributed by atoms with van der Waals surface area (Å²) in [6, 6.07) is 4.68. The van der Waals surface area contributed by atoms with Crippen LogP contribution in [-0.4, -0.2) is 58.8 Å². The Morgan fingerprint density at radius 2 is 2.19 bits per heavy atom. The van der Waals surface area contributed by atoms with Crippen LogP contribution in [0.1, 0.15) is 19.3 Å². The Morgan fingerprint density at radius 1 is 1.33 bits per heavy atom. The van der Waals surface area contributed by atoms with Gasteiger partial charge in [0.2, 0.25) is 0 Å². The van der Waals surface area contributed by atoms with Crippen molar-refractivity contribution in [1.29, 1.82) is 0 Å². The van der Waals surface area contributed by atoms with Gasteiger partial charge < -0.3 is 9.47 Å². The highest BCUT2D eigenvalue weighted by Gasteiger charge is 2.51. The number of likely N-dealkylation sites (tertiary alicyclic amines) is 1. The van der Waals surface area contributed by atoms with Gasteiger partial charge in [-0.2, -0.15) is 0 Å². The number of hydrogen-bond donors (Lipinski definition) is 0. The zero-order valence-corrected chi connectivity index (χ0v) is 13.1. The topological polar surface area (TPSA) is 34.6 Å². The Bertz CT molecular complexity index is 472. The van der Waals surface area contributed by atoms with Crippen molar-refractivity contribution in [1.82, 2.24) is 9.88 Å². The SMILES string of the molecule is c1cncc(O[C@H]2CSC3(C2)CN(C2CCOCC2)C3)c1. The van der Waals surface area contributed by atoms with Crippen LogP contribution in [0.5, 0.6) is 5.75 Å². The van der Waals surface area contributed by atoms with Crippen LogP contribution in [0.25, 0.3) is 0 Å². The third-order valence-electron chi connectivity index (χ3n) is 4.80. The summed E-state index contributed by atoms with van der Waals surface area (Å²) < 4.78 is 12.0. The van der Waals surface area contributed by atoms with Crippen LogP contribution in [0.3, 0.4) is 0 Å². The molecule has 0 radical (unpaired) electrons. The fourth-order valence-corrected chi connectivity index (χ4v) is 5.25. The molecule has 114 valence electrons. The molecule has 4 nitrogen and oxygen atoms in total. The van der Waals surface area contributed by atoms with Gasteiger partial charge in [-0.3, -0.25) is 9.88 Å². The second-order valence-electron chi connectivity index (χ2n) is 6.38. The van der Waals surface area contributed by atoms with Crippen molar-refractivity contribution in [3.8, 4) is 5.75 Å². The lowest BCUT2D eigenvalue weighted by atomic mass is 9.89. The van der Waals surface area contributed by atoms with E-state index in [2.05, 4.69) is 21.6 Å². The highest BCUT2D eigenvalue weighted by atomic mass is 32.2. The van der Waals surface area contributed by atoms with Gasteiger partial charge in [-0.1, -0.05) is 0 Å². The summed E-state index contributed by atoms with van der Waals surface area (Å²) in [6.07, 6.45) is 7.52. The highest BCUT2D eigenvalue weighted by Crippen LogP contribution is 2.47. The molecule has 0 amide bonds. The molecule has 0 bridgehead atoms. The summed E-state index contributed by atoms with van der Waals surface area (Å²) >= 11 is 2.11. The second-order valence-corrected chi connectivity index (χ2v) is 7.86. The molecule has 0 saturated carbocycles. The Balaban J connectivity index is 1.29. The van der Waals surface area contributed by atoms with E-state index in [1.807, 2.05) is 18.3 Å². The van der Waals surface area contributed by atoms with E-state index in [-0.39, 0.29) is 0 Å². The largest absolute Gasteiger partial charge is 0.488 e. The predicted molar refractivity (Wildman–Crippen MR) is 83.9 cm³/mol. The zero-order chi connectivity index (χ0) is 14.1. The number of nitrogens with zero attached hydrogens (tertiary/aromatic N) is 2. The lowest BCUT2D eigenvalue weighted by Crippen LogP contribution is -2.62. The van der Waals surface area contributed by atoms with Crippen molar-refractivity contribution in [2.24, 2.45) is 0 Å². The number of thioether (sulfide) groups is 1. The third kappa shape index (κ3) is 2.91. The monoisotopic (exact) mass is 306 g/mol.